The molecule has 0 aliphatic heterocycles. The van der Waals surface area contributed by atoms with Crippen molar-refractivity contribution in [1.29, 1.82) is 0 Å². The second kappa shape index (κ2) is 16.0. The fourth-order valence-corrected chi connectivity index (χ4v) is 4.74. The van der Waals surface area contributed by atoms with Gasteiger partial charge in [-0.1, -0.05) is 0 Å². The number of carbonyl (C=O) groups is 2. The van der Waals surface area contributed by atoms with E-state index >= 15 is 0 Å². The lowest BCUT2D eigenvalue weighted by Gasteiger charge is -2.05. The summed E-state index contributed by atoms with van der Waals surface area (Å²) in [5, 5.41) is 1.63. The predicted molar refractivity (Wildman–Crippen MR) is 150 cm³/mol. The zero-order valence-corrected chi connectivity index (χ0v) is 25.0. The molecule has 14 heteroatoms. The van der Waals surface area contributed by atoms with Crippen molar-refractivity contribution in [3.05, 3.63) is 77.7 Å². The Morgan fingerprint density at radius 3 is 2.05 bits per heavy atom. The molecule has 0 radical (unpaired) electrons. The molecule has 0 atom stereocenters. The molecule has 0 spiro atoms. The van der Waals surface area contributed by atoms with Gasteiger partial charge in [-0.3, -0.25) is 0 Å². The van der Waals surface area contributed by atoms with Gasteiger partial charge < -0.3 is 13.9 Å². The Morgan fingerprint density at radius 1 is 1.00 bits per heavy atom. The van der Waals surface area contributed by atoms with E-state index in [4.69, 9.17) is 9.15 Å². The molecule has 2 heterocycles. The van der Waals surface area contributed by atoms with Crippen molar-refractivity contribution in [3.63, 3.8) is 0 Å². The van der Waals surface area contributed by atoms with E-state index in [-0.39, 0.29) is 17.5 Å². The predicted octanol–water partition coefficient (Wildman–Crippen LogP) is 6.74. The highest BCUT2D eigenvalue weighted by molar-refractivity contribution is 9.11. The smallest absolute Gasteiger partial charge is 0.414 e. The Bertz CT molecular complexity index is 1530. The Hall–Kier alpha value is -3.25. The van der Waals surface area contributed by atoms with Crippen LogP contribution < -0.4 is 4.94 Å². The van der Waals surface area contributed by atoms with Crippen molar-refractivity contribution >= 4 is 66.9 Å². The van der Waals surface area contributed by atoms with Crippen LogP contribution in [0.2, 0.25) is 0 Å². The summed E-state index contributed by atoms with van der Waals surface area (Å²) in [6, 6.07) is 8.31. The molecular formula is C25H18Br2F2N2O6S2. The zero-order valence-electron chi connectivity index (χ0n) is 20.2. The van der Waals surface area contributed by atoms with Crippen molar-refractivity contribution in [2.75, 3.05) is 13.2 Å². The quantitative estimate of drug-likeness (QED) is 0.128. The molecule has 2 aromatic heterocycles. The number of hydrogen-bond donors (Lipinski definition) is 0. The molecule has 0 aliphatic rings. The van der Waals surface area contributed by atoms with Crippen LogP contribution >= 0.6 is 54.9 Å². The summed E-state index contributed by atoms with van der Waals surface area (Å²) >= 11 is 8.31. The zero-order chi connectivity index (χ0) is 28.9. The van der Waals surface area contributed by atoms with E-state index in [2.05, 4.69) is 51.8 Å². The highest BCUT2D eigenvalue weighted by atomic mass is 79.9. The third-order valence-electron chi connectivity index (χ3n) is 4.19. The first-order valence-corrected chi connectivity index (χ1v) is 13.9. The number of benzene rings is 2. The molecule has 0 amide bonds. The van der Waals surface area contributed by atoms with Crippen molar-refractivity contribution in [1.82, 2.24) is 8.75 Å². The normalized spacial score (nSPS) is 9.77. The molecule has 4 aromatic rings. The summed E-state index contributed by atoms with van der Waals surface area (Å²) in [6.45, 7) is 4.10. The number of carbonyl (C=O) groups excluding carboxylic acids is 2. The van der Waals surface area contributed by atoms with Crippen LogP contribution in [-0.4, -0.2) is 33.9 Å². The highest BCUT2D eigenvalue weighted by Gasteiger charge is 2.18. The molecular weight excluding hydrogens is 686 g/mol. The van der Waals surface area contributed by atoms with Crippen molar-refractivity contribution in [2.24, 2.45) is 0 Å². The van der Waals surface area contributed by atoms with Gasteiger partial charge >= 0.3 is 16.9 Å². The largest absolute Gasteiger partial charge is 0.462 e. The average molecular weight is 704 g/mol. The number of terminal acetylenes is 1. The lowest BCUT2D eigenvalue weighted by Crippen LogP contribution is -2.05. The van der Waals surface area contributed by atoms with Gasteiger partial charge in [0.15, 0.2) is 0 Å². The van der Waals surface area contributed by atoms with Gasteiger partial charge in [-0.15, -0.1) is 10.8 Å². The summed E-state index contributed by atoms with van der Waals surface area (Å²) in [5.74, 6) is 0.280. The van der Waals surface area contributed by atoms with E-state index in [1.54, 1.807) is 31.2 Å². The van der Waals surface area contributed by atoms with Crippen LogP contribution in [0.25, 0.3) is 22.7 Å². The SMILES string of the molecule is C#CC(=O)OCC.CCOC(=O)c1csnc1-c1ccc(F)cc1Br.O=c1oc(-c2ccc(F)cc2Br)ns1. The van der Waals surface area contributed by atoms with Crippen molar-refractivity contribution < 1.29 is 32.3 Å². The molecule has 39 heavy (non-hydrogen) atoms. The minimum atomic E-state index is -0.595. The average Bonchev–Trinajstić information content (AvgIpc) is 3.54. The first-order chi connectivity index (χ1) is 18.6. The molecule has 0 saturated heterocycles. The van der Waals surface area contributed by atoms with E-state index in [9.17, 15) is 23.2 Å². The lowest BCUT2D eigenvalue weighted by molar-refractivity contribution is -0.136. The Morgan fingerprint density at radius 2 is 1.59 bits per heavy atom. The van der Waals surface area contributed by atoms with E-state index in [1.807, 2.05) is 0 Å². The van der Waals surface area contributed by atoms with Gasteiger partial charge in [0.2, 0.25) is 5.89 Å². The Kier molecular flexibility index (Phi) is 13.1. The molecule has 0 fully saturated rings. The van der Waals surface area contributed by atoms with Gasteiger partial charge in [0.05, 0.1) is 41.6 Å². The number of ether oxygens (including phenoxy) is 2. The van der Waals surface area contributed by atoms with E-state index < -0.39 is 16.9 Å². The van der Waals surface area contributed by atoms with Gasteiger partial charge in [0.1, 0.15) is 11.6 Å². The third kappa shape index (κ3) is 9.77. The van der Waals surface area contributed by atoms with E-state index in [0.717, 1.165) is 23.1 Å². The maximum absolute atomic E-state index is 13.0. The second-order valence-electron chi connectivity index (χ2n) is 6.75. The molecule has 4 rings (SSSR count). The summed E-state index contributed by atoms with van der Waals surface area (Å²) in [4.78, 5) is 32.0. The number of nitrogens with zero attached hydrogens (tertiary/aromatic N) is 2. The highest BCUT2D eigenvalue weighted by Crippen LogP contribution is 2.32. The number of rotatable bonds is 5. The number of esters is 2. The number of aromatic nitrogens is 2. The van der Waals surface area contributed by atoms with Crippen molar-refractivity contribution in [3.8, 4) is 35.1 Å². The fraction of sp³-hybridized carbons (Fsp3) is 0.160. The van der Waals surface area contributed by atoms with E-state index in [0.29, 0.717) is 44.5 Å². The molecule has 8 nitrogen and oxygen atoms in total. The monoisotopic (exact) mass is 702 g/mol. The van der Waals surface area contributed by atoms with Gasteiger partial charge in [-0.2, -0.15) is 4.37 Å². The summed E-state index contributed by atoms with van der Waals surface area (Å²) in [6.07, 6.45) is 4.63. The Labute approximate surface area is 246 Å². The molecule has 0 bridgehead atoms. The maximum Gasteiger partial charge on any atom is 0.414 e. The minimum Gasteiger partial charge on any atom is -0.462 e. The van der Waals surface area contributed by atoms with Crippen LogP contribution in [0, 0.1) is 24.0 Å². The van der Waals surface area contributed by atoms with Gasteiger partial charge in [-0.25, -0.2) is 23.2 Å². The molecule has 2 aromatic carbocycles. The van der Waals surface area contributed by atoms with Crippen LogP contribution in [-0.2, 0) is 14.3 Å². The van der Waals surface area contributed by atoms with Gasteiger partial charge in [-0.05, 0) is 93.6 Å². The number of halogens is 4. The van der Waals surface area contributed by atoms with E-state index in [1.165, 1.54) is 30.3 Å². The molecule has 0 N–H and O–H groups in total. The van der Waals surface area contributed by atoms with Gasteiger partial charge in [0, 0.05) is 25.8 Å². The standard InChI is InChI=1S/C12H9BrFNO2S.C8H3BrFNO2S.C5H6O2/c1-2-17-12(16)9-6-18-15-11(9)8-4-3-7(14)5-10(8)13;9-6-3-4(10)1-2-5(6)7-11-14-8(12)13-7;1-3-5(6)7-4-2/h3-6H,2H2,1H3;1-3H;1H,4H2,2H3. The molecule has 204 valence electrons. The Balaban J connectivity index is 0.000000226. The molecule has 0 aliphatic carbocycles. The number of hydrogen-bond acceptors (Lipinski definition) is 10. The first kappa shape index (κ1) is 32.0. The minimum absolute atomic E-state index is 0.201. The van der Waals surface area contributed by atoms with Crippen LogP contribution in [0.4, 0.5) is 8.78 Å². The van der Waals surface area contributed by atoms with Crippen molar-refractivity contribution in [2.45, 2.75) is 13.8 Å². The molecule has 0 unspecified atom stereocenters. The molecule has 0 saturated carbocycles. The van der Waals surface area contributed by atoms with Crippen LogP contribution in [0.1, 0.15) is 24.2 Å². The van der Waals surface area contributed by atoms with Gasteiger partial charge in [0.25, 0.3) is 0 Å². The maximum atomic E-state index is 13.0. The topological polar surface area (TPSA) is 109 Å². The summed E-state index contributed by atoms with van der Waals surface area (Å²) < 4.78 is 48.8. The lowest BCUT2D eigenvalue weighted by atomic mass is 10.1. The van der Waals surface area contributed by atoms with Crippen LogP contribution in [0.5, 0.6) is 0 Å². The van der Waals surface area contributed by atoms with Crippen LogP contribution in [0.3, 0.4) is 0 Å². The summed E-state index contributed by atoms with van der Waals surface area (Å²) in [7, 11) is 0. The first-order valence-electron chi connectivity index (χ1n) is 10.7. The summed E-state index contributed by atoms with van der Waals surface area (Å²) in [5.41, 5.74) is 2.13. The fourth-order valence-electron chi connectivity index (χ4n) is 2.60. The third-order valence-corrected chi connectivity index (χ3v) is 6.62. The van der Waals surface area contributed by atoms with Crippen LogP contribution in [0.15, 0.2) is 59.9 Å². The second-order valence-corrected chi connectivity index (χ2v) is 9.79.